The lowest BCUT2D eigenvalue weighted by Crippen LogP contribution is -2.62. The molecule has 2 unspecified atom stereocenters. The number of benzene rings is 1. The quantitative estimate of drug-likeness (QED) is 0.175. The maximum atomic E-state index is 13.3. The minimum absolute atomic E-state index is 0.0555. The van der Waals surface area contributed by atoms with Gasteiger partial charge in [0.05, 0.1) is 24.8 Å². The minimum Gasteiger partial charge on any atom is -0.494 e. The molecule has 3 rings (SSSR count). The Morgan fingerprint density at radius 2 is 1.71 bits per heavy atom. The van der Waals surface area contributed by atoms with Gasteiger partial charge in [-0.2, -0.15) is 0 Å². The van der Waals surface area contributed by atoms with E-state index >= 15 is 0 Å². The van der Waals surface area contributed by atoms with Crippen molar-refractivity contribution in [2.75, 3.05) is 40.0 Å². The molecule has 9 heteroatoms. The van der Waals surface area contributed by atoms with Gasteiger partial charge < -0.3 is 23.5 Å². The van der Waals surface area contributed by atoms with Gasteiger partial charge in [-0.05, 0) is 95.4 Å². The van der Waals surface area contributed by atoms with Crippen LogP contribution in [0, 0.1) is 0 Å². The second kappa shape index (κ2) is 13.3. The summed E-state index contributed by atoms with van der Waals surface area (Å²) in [6.07, 6.45) is 2.13. The van der Waals surface area contributed by atoms with Crippen molar-refractivity contribution >= 4 is 26.0 Å². The third-order valence-electron chi connectivity index (χ3n) is 8.40. The van der Waals surface area contributed by atoms with Gasteiger partial charge in [0.1, 0.15) is 11.4 Å². The van der Waals surface area contributed by atoms with E-state index in [4.69, 9.17) is 18.6 Å². The van der Waals surface area contributed by atoms with Gasteiger partial charge in [-0.15, -0.1) is 0 Å². The fraction of sp³-hybridized carbons (Fsp3) is 0.688. The average Bonchev–Trinajstić information content (AvgIpc) is 2.84. The Morgan fingerprint density at radius 1 is 1.02 bits per heavy atom. The molecule has 8 nitrogen and oxygen atoms in total. The molecule has 0 N–H and O–H groups in total. The van der Waals surface area contributed by atoms with Crippen LogP contribution in [-0.4, -0.2) is 87.8 Å². The van der Waals surface area contributed by atoms with E-state index in [0.29, 0.717) is 31.7 Å². The molecular formula is C32H52N2O6Si. The average molecular weight is 589 g/mol. The lowest BCUT2D eigenvalue weighted by Gasteiger charge is -2.49. The topological polar surface area (TPSA) is 77.5 Å². The lowest BCUT2D eigenvalue weighted by molar-refractivity contribution is -0.140. The van der Waals surface area contributed by atoms with Gasteiger partial charge in [0.15, 0.2) is 8.32 Å². The van der Waals surface area contributed by atoms with Gasteiger partial charge in [0.2, 0.25) is 0 Å². The highest BCUT2D eigenvalue weighted by Crippen LogP contribution is 2.39. The predicted molar refractivity (Wildman–Crippen MR) is 166 cm³/mol. The first-order valence-corrected chi connectivity index (χ1v) is 17.9. The molecule has 230 valence electrons. The van der Waals surface area contributed by atoms with Gasteiger partial charge >= 0.3 is 12.1 Å². The van der Waals surface area contributed by atoms with E-state index in [9.17, 15) is 9.59 Å². The smallest absolute Gasteiger partial charge is 0.410 e. The standard InChI is InChI=1S/C32H52N2O6Si/c1-11-37-29(35)28-26(20-24-21-34(22-27(28)33(24)8)30(36)40-31(2,3)4)23-15-14-16-25(19-23)38-17-12-13-18-39-41(9,10)32(5,6)7/h14-16,19,24,27H,11-13,17-18,20-22H2,1-10H3. The number of unbranched alkanes of at least 4 members (excludes halogenated alkanes) is 1. The Morgan fingerprint density at radius 3 is 2.34 bits per heavy atom. The van der Waals surface area contributed by atoms with Crippen LogP contribution >= 0.6 is 0 Å². The molecule has 2 aliphatic heterocycles. The molecule has 2 aliphatic rings. The van der Waals surface area contributed by atoms with E-state index in [1.54, 1.807) is 4.90 Å². The first-order chi connectivity index (χ1) is 19.0. The lowest BCUT2D eigenvalue weighted by atomic mass is 9.82. The third-order valence-corrected chi connectivity index (χ3v) is 12.9. The summed E-state index contributed by atoms with van der Waals surface area (Å²) in [4.78, 5) is 30.2. The van der Waals surface area contributed by atoms with Crippen LogP contribution in [0.4, 0.5) is 4.79 Å². The van der Waals surface area contributed by atoms with Gasteiger partial charge in [-0.1, -0.05) is 32.9 Å². The second-order valence-electron chi connectivity index (χ2n) is 13.7. The summed E-state index contributed by atoms with van der Waals surface area (Å²) in [7, 11) is 0.290. The van der Waals surface area contributed by atoms with Gasteiger partial charge in [-0.25, -0.2) is 9.59 Å². The van der Waals surface area contributed by atoms with Gasteiger partial charge in [0, 0.05) is 25.7 Å². The summed E-state index contributed by atoms with van der Waals surface area (Å²) in [6, 6.07) is 7.76. The molecule has 0 aromatic heterocycles. The Labute approximate surface area is 248 Å². The van der Waals surface area contributed by atoms with Crippen molar-refractivity contribution in [3.05, 3.63) is 35.4 Å². The van der Waals surface area contributed by atoms with E-state index < -0.39 is 13.9 Å². The molecule has 1 aromatic rings. The monoisotopic (exact) mass is 588 g/mol. The van der Waals surface area contributed by atoms with Crippen molar-refractivity contribution in [1.82, 2.24) is 9.80 Å². The van der Waals surface area contributed by atoms with Crippen LogP contribution in [-0.2, 0) is 18.7 Å². The number of esters is 1. The van der Waals surface area contributed by atoms with E-state index in [2.05, 4.69) is 38.8 Å². The zero-order chi connectivity index (χ0) is 30.6. The van der Waals surface area contributed by atoms with Crippen LogP contribution in [0.25, 0.3) is 5.57 Å². The first-order valence-electron chi connectivity index (χ1n) is 15.0. The predicted octanol–water partition coefficient (Wildman–Crippen LogP) is 6.51. The number of nitrogens with zero attached hydrogens (tertiary/aromatic N) is 2. The number of piperazine rings is 1. The number of ether oxygens (including phenoxy) is 3. The third kappa shape index (κ3) is 8.58. The summed E-state index contributed by atoms with van der Waals surface area (Å²) in [5.74, 6) is 0.444. The van der Waals surface area contributed by atoms with E-state index in [1.807, 2.05) is 59.0 Å². The Balaban J connectivity index is 1.74. The number of likely N-dealkylation sites (N-methyl/N-ethyl adjacent to an activating group) is 1. The highest BCUT2D eigenvalue weighted by atomic mass is 28.4. The number of carbonyl (C=O) groups is 2. The molecule has 1 aromatic carbocycles. The summed E-state index contributed by atoms with van der Waals surface area (Å²) < 4.78 is 23.6. The molecule has 1 amide bonds. The molecule has 1 fully saturated rings. The highest BCUT2D eigenvalue weighted by Gasteiger charge is 2.45. The van der Waals surface area contributed by atoms with Crippen molar-refractivity contribution < 1.29 is 28.2 Å². The number of carbonyl (C=O) groups excluding carboxylic acids is 2. The van der Waals surface area contributed by atoms with E-state index in [0.717, 1.165) is 36.3 Å². The van der Waals surface area contributed by atoms with Crippen molar-refractivity contribution in [3.8, 4) is 5.75 Å². The molecule has 2 heterocycles. The Kier molecular flexibility index (Phi) is 10.7. The molecule has 2 bridgehead atoms. The number of amides is 1. The molecule has 41 heavy (non-hydrogen) atoms. The van der Waals surface area contributed by atoms with Gasteiger partial charge in [-0.3, -0.25) is 4.90 Å². The largest absolute Gasteiger partial charge is 0.494 e. The molecule has 0 saturated carbocycles. The summed E-state index contributed by atoms with van der Waals surface area (Å²) >= 11 is 0. The van der Waals surface area contributed by atoms with Crippen LogP contribution in [0.3, 0.4) is 0 Å². The molecule has 0 aliphatic carbocycles. The van der Waals surface area contributed by atoms with Crippen molar-refractivity contribution in [2.24, 2.45) is 0 Å². The minimum atomic E-state index is -1.73. The van der Waals surface area contributed by atoms with Crippen molar-refractivity contribution in [3.63, 3.8) is 0 Å². The van der Waals surface area contributed by atoms with E-state index in [-0.39, 0.29) is 35.8 Å². The number of rotatable bonds is 10. The first kappa shape index (κ1) is 33.1. The van der Waals surface area contributed by atoms with Crippen molar-refractivity contribution in [2.45, 2.75) is 104 Å². The maximum absolute atomic E-state index is 13.3. The Bertz CT molecular complexity index is 1100. The zero-order valence-electron chi connectivity index (χ0n) is 27.0. The maximum Gasteiger partial charge on any atom is 0.410 e. The highest BCUT2D eigenvalue weighted by molar-refractivity contribution is 6.74. The van der Waals surface area contributed by atoms with Crippen LogP contribution in [0.1, 0.15) is 73.3 Å². The van der Waals surface area contributed by atoms with Crippen LogP contribution in [0.2, 0.25) is 18.1 Å². The fourth-order valence-electron chi connectivity index (χ4n) is 5.03. The van der Waals surface area contributed by atoms with Gasteiger partial charge in [0.25, 0.3) is 0 Å². The molecule has 1 saturated heterocycles. The summed E-state index contributed by atoms with van der Waals surface area (Å²) in [5.41, 5.74) is 1.95. The summed E-state index contributed by atoms with van der Waals surface area (Å²) in [6.45, 7) is 21.3. The second-order valence-corrected chi connectivity index (χ2v) is 18.5. The van der Waals surface area contributed by atoms with Crippen molar-refractivity contribution in [1.29, 1.82) is 0 Å². The fourth-order valence-corrected chi connectivity index (χ4v) is 6.12. The van der Waals surface area contributed by atoms with E-state index in [1.165, 1.54) is 0 Å². The summed E-state index contributed by atoms with van der Waals surface area (Å²) in [5, 5.41) is 0.210. The number of hydrogen-bond acceptors (Lipinski definition) is 7. The SMILES string of the molecule is CCOC(=O)C1=C(c2cccc(OCCCCO[Si](C)(C)C(C)(C)C)c2)CC2CN(C(=O)OC(C)(C)C)CC1N2C. The zero-order valence-corrected chi connectivity index (χ0v) is 28.0. The van der Waals surface area contributed by atoms with Crippen LogP contribution in [0.15, 0.2) is 29.8 Å². The number of fused-ring (bicyclic) bond motifs is 2. The molecule has 0 radical (unpaired) electrons. The number of hydrogen-bond donors (Lipinski definition) is 0. The normalized spacial score (nSPS) is 20.2. The molecular weight excluding hydrogens is 536 g/mol. The molecule has 2 atom stereocenters. The molecule has 0 spiro atoms. The van der Waals surface area contributed by atoms with Crippen LogP contribution in [0.5, 0.6) is 5.75 Å². The van der Waals surface area contributed by atoms with Crippen LogP contribution < -0.4 is 4.74 Å². The Hall–Kier alpha value is -2.36.